The van der Waals surface area contributed by atoms with Crippen LogP contribution in [-0.4, -0.2) is 29.7 Å². The van der Waals surface area contributed by atoms with Crippen molar-refractivity contribution < 1.29 is 18.3 Å². The molecule has 1 atom stereocenters. The molecule has 6 heteroatoms. The molecule has 94 valence electrons. The second-order valence-electron chi connectivity index (χ2n) is 3.85. The number of carboxylic acid groups (broad SMARTS) is 1. The number of hydrogen-bond donors (Lipinski definition) is 1. The summed E-state index contributed by atoms with van der Waals surface area (Å²) in [6.45, 7) is 3.43. The molecule has 17 heavy (non-hydrogen) atoms. The molecule has 0 aliphatic carbocycles. The molecule has 0 fully saturated rings. The summed E-state index contributed by atoms with van der Waals surface area (Å²) >= 11 is 0. The summed E-state index contributed by atoms with van der Waals surface area (Å²) in [6, 6.07) is 4.35. The molecule has 0 aromatic carbocycles. The normalized spacial score (nSPS) is 13.3. The summed E-state index contributed by atoms with van der Waals surface area (Å²) in [4.78, 5) is 14.5. The van der Waals surface area contributed by atoms with Crippen molar-refractivity contribution in [3.8, 4) is 0 Å². The summed E-state index contributed by atoms with van der Waals surface area (Å²) in [6.07, 6.45) is 0.529. The molecule has 0 amide bonds. The second kappa shape index (κ2) is 5.27. The van der Waals surface area contributed by atoms with E-state index in [0.29, 0.717) is 6.42 Å². The lowest BCUT2D eigenvalue weighted by Crippen LogP contribution is -2.19. The van der Waals surface area contributed by atoms with Crippen molar-refractivity contribution in [3.63, 3.8) is 0 Å². The number of sulfone groups is 1. The molecule has 1 heterocycles. The Morgan fingerprint density at radius 3 is 2.65 bits per heavy atom. The van der Waals surface area contributed by atoms with Gasteiger partial charge in [-0.1, -0.05) is 13.0 Å². The molecule has 0 radical (unpaired) electrons. The molecule has 0 bridgehead atoms. The topological polar surface area (TPSA) is 84.3 Å². The summed E-state index contributed by atoms with van der Waals surface area (Å²) in [5, 5.41) is 8.30. The summed E-state index contributed by atoms with van der Waals surface area (Å²) in [5.74, 6) is -1.38. The van der Waals surface area contributed by atoms with Crippen LogP contribution < -0.4 is 0 Å². The van der Waals surface area contributed by atoms with Crippen molar-refractivity contribution in [2.24, 2.45) is 0 Å². The van der Waals surface area contributed by atoms with Gasteiger partial charge in [-0.05, 0) is 25.5 Å². The van der Waals surface area contributed by atoms with Crippen molar-refractivity contribution in [1.29, 1.82) is 0 Å². The lowest BCUT2D eigenvalue weighted by molar-refractivity contribution is 0.0690. The third kappa shape index (κ3) is 3.52. The minimum absolute atomic E-state index is 0.137. The van der Waals surface area contributed by atoms with E-state index in [1.165, 1.54) is 18.2 Å². The largest absolute Gasteiger partial charge is 0.477 e. The minimum Gasteiger partial charge on any atom is -0.477 e. The van der Waals surface area contributed by atoms with Gasteiger partial charge < -0.3 is 5.11 Å². The summed E-state index contributed by atoms with van der Waals surface area (Å²) < 4.78 is 23.6. The molecule has 0 aliphatic heterocycles. The van der Waals surface area contributed by atoms with Gasteiger partial charge in [-0.2, -0.15) is 0 Å². The maximum atomic E-state index is 11.8. The highest BCUT2D eigenvalue weighted by Gasteiger charge is 2.20. The van der Waals surface area contributed by atoms with E-state index in [2.05, 4.69) is 4.98 Å². The van der Waals surface area contributed by atoms with E-state index < -0.39 is 21.1 Å². The highest BCUT2D eigenvalue weighted by atomic mass is 32.2. The maximum Gasteiger partial charge on any atom is 0.354 e. The first-order valence-corrected chi connectivity index (χ1v) is 6.99. The van der Waals surface area contributed by atoms with Crippen molar-refractivity contribution in [2.45, 2.75) is 31.3 Å². The van der Waals surface area contributed by atoms with E-state index in [9.17, 15) is 13.2 Å². The SMILES string of the molecule is CCC(C)S(=O)(=O)Cc1cccc(C(=O)O)n1. The Balaban J connectivity index is 2.96. The zero-order chi connectivity index (χ0) is 13.1. The van der Waals surface area contributed by atoms with Crippen LogP contribution in [-0.2, 0) is 15.6 Å². The number of carbonyl (C=O) groups is 1. The van der Waals surface area contributed by atoms with Crippen molar-refractivity contribution >= 4 is 15.8 Å². The molecule has 0 aliphatic rings. The van der Waals surface area contributed by atoms with Crippen LogP contribution in [0.4, 0.5) is 0 Å². The Morgan fingerprint density at radius 1 is 1.47 bits per heavy atom. The van der Waals surface area contributed by atoms with Crippen LogP contribution in [0.25, 0.3) is 0 Å². The van der Waals surface area contributed by atoms with Gasteiger partial charge in [0.1, 0.15) is 5.69 Å². The monoisotopic (exact) mass is 257 g/mol. The fourth-order valence-corrected chi connectivity index (χ4v) is 2.65. The van der Waals surface area contributed by atoms with Gasteiger partial charge in [0.15, 0.2) is 9.84 Å². The fourth-order valence-electron chi connectivity index (χ4n) is 1.28. The van der Waals surface area contributed by atoms with Crippen LogP contribution in [0.1, 0.15) is 36.5 Å². The number of rotatable bonds is 5. The smallest absolute Gasteiger partial charge is 0.354 e. The van der Waals surface area contributed by atoms with E-state index >= 15 is 0 Å². The first-order chi connectivity index (χ1) is 7.86. The van der Waals surface area contributed by atoms with Crippen LogP contribution in [0, 0.1) is 0 Å². The summed E-state index contributed by atoms with van der Waals surface area (Å²) in [5.41, 5.74) is 0.132. The first-order valence-electron chi connectivity index (χ1n) is 5.27. The maximum absolute atomic E-state index is 11.8. The highest BCUT2D eigenvalue weighted by molar-refractivity contribution is 7.91. The standard InChI is InChI=1S/C11H15NO4S/c1-3-8(2)17(15,16)7-9-5-4-6-10(12-9)11(13)14/h4-6,8H,3,7H2,1-2H3,(H,13,14). The lowest BCUT2D eigenvalue weighted by atomic mass is 10.3. The van der Waals surface area contributed by atoms with E-state index in [1.54, 1.807) is 13.8 Å². The van der Waals surface area contributed by atoms with Crippen LogP contribution >= 0.6 is 0 Å². The number of pyridine rings is 1. The lowest BCUT2D eigenvalue weighted by Gasteiger charge is -2.10. The molecule has 1 aromatic heterocycles. The average molecular weight is 257 g/mol. The van der Waals surface area contributed by atoms with Gasteiger partial charge in [0.05, 0.1) is 16.7 Å². The van der Waals surface area contributed by atoms with Gasteiger partial charge in [0.25, 0.3) is 0 Å². The van der Waals surface area contributed by atoms with Crippen molar-refractivity contribution in [1.82, 2.24) is 4.98 Å². The quantitative estimate of drug-likeness (QED) is 0.864. The zero-order valence-electron chi connectivity index (χ0n) is 9.75. The molecule has 0 saturated heterocycles. The fraction of sp³-hybridized carbons (Fsp3) is 0.455. The number of aromatic carboxylic acids is 1. The molecule has 5 nitrogen and oxygen atoms in total. The van der Waals surface area contributed by atoms with Crippen molar-refractivity contribution in [3.05, 3.63) is 29.6 Å². The molecular formula is C11H15NO4S. The third-order valence-corrected chi connectivity index (χ3v) is 4.82. The number of hydrogen-bond acceptors (Lipinski definition) is 4. The molecule has 1 unspecified atom stereocenters. The van der Waals surface area contributed by atoms with Crippen LogP contribution in [0.2, 0.25) is 0 Å². The Hall–Kier alpha value is -1.43. The Morgan fingerprint density at radius 2 is 2.12 bits per heavy atom. The number of aromatic nitrogens is 1. The predicted molar refractivity (Wildman–Crippen MR) is 63.6 cm³/mol. The minimum atomic E-state index is -3.26. The zero-order valence-corrected chi connectivity index (χ0v) is 10.6. The molecule has 1 aromatic rings. The van der Waals surface area contributed by atoms with E-state index in [4.69, 9.17) is 5.11 Å². The van der Waals surface area contributed by atoms with Gasteiger partial charge in [0, 0.05) is 0 Å². The third-order valence-electron chi connectivity index (χ3n) is 2.56. The Bertz CT molecular complexity index is 510. The predicted octanol–water partition coefficient (Wildman–Crippen LogP) is 1.49. The Kier molecular flexibility index (Phi) is 4.22. The first kappa shape index (κ1) is 13.6. The van der Waals surface area contributed by atoms with E-state index in [1.807, 2.05) is 0 Å². The van der Waals surface area contributed by atoms with Crippen LogP contribution in [0.15, 0.2) is 18.2 Å². The van der Waals surface area contributed by atoms with Crippen LogP contribution in [0.5, 0.6) is 0 Å². The molecule has 0 spiro atoms. The molecule has 0 saturated carbocycles. The molecular weight excluding hydrogens is 242 g/mol. The molecule has 1 N–H and O–H groups in total. The number of carboxylic acids is 1. The van der Waals surface area contributed by atoms with E-state index in [-0.39, 0.29) is 17.1 Å². The Labute approximate surface area is 100 Å². The van der Waals surface area contributed by atoms with Gasteiger partial charge >= 0.3 is 5.97 Å². The van der Waals surface area contributed by atoms with Gasteiger partial charge in [-0.15, -0.1) is 0 Å². The van der Waals surface area contributed by atoms with Crippen molar-refractivity contribution in [2.75, 3.05) is 0 Å². The average Bonchev–Trinajstić information content (AvgIpc) is 2.27. The highest BCUT2D eigenvalue weighted by Crippen LogP contribution is 2.12. The summed E-state index contributed by atoms with van der Waals surface area (Å²) in [7, 11) is -3.26. The second-order valence-corrected chi connectivity index (χ2v) is 6.26. The van der Waals surface area contributed by atoms with Gasteiger partial charge in [-0.3, -0.25) is 0 Å². The molecule has 1 rings (SSSR count). The van der Waals surface area contributed by atoms with Gasteiger partial charge in [-0.25, -0.2) is 18.2 Å². The van der Waals surface area contributed by atoms with Crippen LogP contribution in [0.3, 0.4) is 0 Å². The number of nitrogens with zero attached hydrogens (tertiary/aromatic N) is 1. The van der Waals surface area contributed by atoms with Gasteiger partial charge in [0.2, 0.25) is 0 Å². The van der Waals surface area contributed by atoms with E-state index in [0.717, 1.165) is 0 Å².